The van der Waals surface area contributed by atoms with E-state index < -0.39 is 0 Å². The van der Waals surface area contributed by atoms with Crippen molar-refractivity contribution in [2.45, 2.75) is 27.7 Å². The number of amides is 2. The van der Waals surface area contributed by atoms with Gasteiger partial charge in [-0.2, -0.15) is 0 Å². The van der Waals surface area contributed by atoms with E-state index in [1.165, 1.54) is 28.0 Å². The van der Waals surface area contributed by atoms with Crippen molar-refractivity contribution in [2.75, 3.05) is 10.6 Å². The second-order valence-corrected chi connectivity index (χ2v) is 7.07. The van der Waals surface area contributed by atoms with Crippen LogP contribution in [0.3, 0.4) is 0 Å². The van der Waals surface area contributed by atoms with Crippen LogP contribution >= 0.6 is 11.3 Å². The summed E-state index contributed by atoms with van der Waals surface area (Å²) in [7, 11) is 0. The van der Waals surface area contributed by atoms with Crippen molar-refractivity contribution < 1.29 is 4.79 Å². The molecule has 0 aliphatic rings. The number of nitrogens with zero attached hydrogens (tertiary/aromatic N) is 1. The molecule has 3 aromatic rings. The van der Waals surface area contributed by atoms with Crippen LogP contribution in [0.5, 0.6) is 0 Å². The molecule has 1 aromatic heterocycles. The molecule has 25 heavy (non-hydrogen) atoms. The van der Waals surface area contributed by atoms with E-state index in [0.717, 1.165) is 22.5 Å². The molecule has 0 unspecified atom stereocenters. The first kappa shape index (κ1) is 17.2. The predicted octanol–water partition coefficient (Wildman–Crippen LogP) is 5.69. The molecule has 3 rings (SSSR count). The molecule has 2 amide bonds. The summed E-state index contributed by atoms with van der Waals surface area (Å²) in [5.41, 5.74) is 7.52. The number of nitrogens with one attached hydrogen (secondary N) is 2. The predicted molar refractivity (Wildman–Crippen MR) is 106 cm³/mol. The lowest BCUT2D eigenvalue weighted by molar-refractivity contribution is 0.262. The molecule has 0 bridgehead atoms. The highest BCUT2D eigenvalue weighted by molar-refractivity contribution is 7.14. The highest BCUT2D eigenvalue weighted by Crippen LogP contribution is 2.26. The van der Waals surface area contributed by atoms with E-state index >= 15 is 0 Å². The highest BCUT2D eigenvalue weighted by atomic mass is 32.1. The van der Waals surface area contributed by atoms with E-state index in [9.17, 15) is 4.79 Å². The first-order chi connectivity index (χ1) is 11.9. The summed E-state index contributed by atoms with van der Waals surface area (Å²) in [6, 6.07) is 11.8. The van der Waals surface area contributed by atoms with Crippen LogP contribution in [0.25, 0.3) is 11.3 Å². The molecule has 0 aliphatic heterocycles. The second-order valence-electron chi connectivity index (χ2n) is 6.22. The third-order valence-corrected chi connectivity index (χ3v) is 5.05. The Bertz CT molecular complexity index is 930. The Morgan fingerprint density at radius 1 is 0.880 bits per heavy atom. The van der Waals surface area contributed by atoms with Gasteiger partial charge in [0.25, 0.3) is 0 Å². The van der Waals surface area contributed by atoms with E-state index in [2.05, 4.69) is 47.7 Å². The van der Waals surface area contributed by atoms with Gasteiger partial charge in [0.05, 0.1) is 5.69 Å². The summed E-state index contributed by atoms with van der Waals surface area (Å²) in [4.78, 5) is 16.7. The molecule has 2 N–H and O–H groups in total. The average Bonchev–Trinajstić information content (AvgIpc) is 3.02. The smallest absolute Gasteiger partial charge is 0.308 e. The number of carbonyl (C=O) groups excluding carboxylic acids is 1. The van der Waals surface area contributed by atoms with Crippen LogP contribution in [0.4, 0.5) is 15.6 Å². The molecule has 128 valence electrons. The zero-order valence-corrected chi connectivity index (χ0v) is 15.6. The molecule has 0 radical (unpaired) electrons. The van der Waals surface area contributed by atoms with Crippen LogP contribution in [-0.4, -0.2) is 11.0 Å². The lowest BCUT2D eigenvalue weighted by atomic mass is 10.1. The van der Waals surface area contributed by atoms with Crippen molar-refractivity contribution in [3.05, 3.63) is 64.0 Å². The summed E-state index contributed by atoms with van der Waals surface area (Å²) in [5, 5.41) is 8.17. The molecule has 5 heteroatoms. The number of rotatable bonds is 3. The minimum atomic E-state index is -0.288. The molecular weight excluding hydrogens is 330 g/mol. The maximum Gasteiger partial charge on any atom is 0.325 e. The zero-order chi connectivity index (χ0) is 18.0. The van der Waals surface area contributed by atoms with E-state index in [0.29, 0.717) is 5.13 Å². The van der Waals surface area contributed by atoms with Gasteiger partial charge in [0.2, 0.25) is 0 Å². The van der Waals surface area contributed by atoms with Crippen molar-refractivity contribution in [3.63, 3.8) is 0 Å². The van der Waals surface area contributed by atoms with Gasteiger partial charge < -0.3 is 5.32 Å². The topological polar surface area (TPSA) is 54.0 Å². The van der Waals surface area contributed by atoms with Crippen molar-refractivity contribution in [2.24, 2.45) is 0 Å². The molecule has 0 atom stereocenters. The molecule has 0 spiro atoms. The highest BCUT2D eigenvalue weighted by Gasteiger charge is 2.09. The maximum atomic E-state index is 12.2. The number of thiazole rings is 1. The number of hydrogen-bond donors (Lipinski definition) is 2. The molecule has 2 aromatic carbocycles. The number of benzene rings is 2. The summed E-state index contributed by atoms with van der Waals surface area (Å²) in [6.07, 6.45) is 0. The van der Waals surface area contributed by atoms with Crippen molar-refractivity contribution in [1.29, 1.82) is 0 Å². The molecular formula is C20H21N3OS. The Morgan fingerprint density at radius 3 is 2.24 bits per heavy atom. The fraction of sp³-hybridized carbons (Fsp3) is 0.200. The van der Waals surface area contributed by atoms with Crippen LogP contribution in [0.1, 0.15) is 22.3 Å². The minimum Gasteiger partial charge on any atom is -0.308 e. The van der Waals surface area contributed by atoms with Gasteiger partial charge in [0.1, 0.15) is 0 Å². The minimum absolute atomic E-state index is 0.288. The van der Waals surface area contributed by atoms with Gasteiger partial charge in [-0.25, -0.2) is 9.78 Å². The summed E-state index contributed by atoms with van der Waals surface area (Å²) in [6.45, 7) is 8.24. The van der Waals surface area contributed by atoms with E-state index in [4.69, 9.17) is 0 Å². The zero-order valence-electron chi connectivity index (χ0n) is 14.8. The Hall–Kier alpha value is -2.66. The van der Waals surface area contributed by atoms with Gasteiger partial charge in [0, 0.05) is 16.6 Å². The first-order valence-corrected chi connectivity index (χ1v) is 8.99. The molecule has 1 heterocycles. The van der Waals surface area contributed by atoms with Crippen LogP contribution in [-0.2, 0) is 0 Å². The molecule has 4 nitrogen and oxygen atoms in total. The van der Waals surface area contributed by atoms with Gasteiger partial charge in [-0.15, -0.1) is 11.3 Å². The largest absolute Gasteiger partial charge is 0.325 e. The van der Waals surface area contributed by atoms with Gasteiger partial charge >= 0.3 is 6.03 Å². The van der Waals surface area contributed by atoms with Crippen molar-refractivity contribution >= 4 is 28.2 Å². The van der Waals surface area contributed by atoms with Crippen molar-refractivity contribution in [1.82, 2.24) is 4.98 Å². The lowest BCUT2D eigenvalue weighted by Crippen LogP contribution is -2.19. The molecule has 0 saturated heterocycles. The second kappa shape index (κ2) is 7.07. The van der Waals surface area contributed by atoms with Gasteiger partial charge in [0.15, 0.2) is 5.13 Å². The molecule has 0 aliphatic carbocycles. The first-order valence-electron chi connectivity index (χ1n) is 8.11. The monoisotopic (exact) mass is 351 g/mol. The number of aromatic nitrogens is 1. The number of carbonyl (C=O) groups is 1. The van der Waals surface area contributed by atoms with Crippen LogP contribution in [0.2, 0.25) is 0 Å². The molecule has 0 saturated carbocycles. The normalized spacial score (nSPS) is 10.6. The van der Waals surface area contributed by atoms with E-state index in [-0.39, 0.29) is 6.03 Å². The van der Waals surface area contributed by atoms with Crippen LogP contribution in [0, 0.1) is 27.7 Å². The third-order valence-electron chi connectivity index (χ3n) is 4.29. The van der Waals surface area contributed by atoms with E-state index in [1.54, 1.807) is 0 Å². The van der Waals surface area contributed by atoms with Gasteiger partial charge in [-0.3, -0.25) is 5.32 Å². The number of hydrogen-bond acceptors (Lipinski definition) is 3. The third kappa shape index (κ3) is 4.06. The lowest BCUT2D eigenvalue weighted by Gasteiger charge is -2.07. The van der Waals surface area contributed by atoms with Crippen LogP contribution < -0.4 is 10.6 Å². The van der Waals surface area contributed by atoms with Gasteiger partial charge in [-0.05, 0) is 68.1 Å². The van der Waals surface area contributed by atoms with Crippen LogP contribution in [0.15, 0.2) is 41.8 Å². The SMILES string of the molecule is Cc1ccc(NC(=O)Nc2nc(-c3ccc(C)c(C)c3)cs2)cc1C. The molecule has 0 fully saturated rings. The summed E-state index contributed by atoms with van der Waals surface area (Å²) in [5.74, 6) is 0. The number of urea groups is 1. The maximum absolute atomic E-state index is 12.2. The summed E-state index contributed by atoms with van der Waals surface area (Å²) >= 11 is 1.42. The number of aryl methyl sites for hydroxylation is 4. The Morgan fingerprint density at radius 2 is 1.56 bits per heavy atom. The average molecular weight is 351 g/mol. The van der Waals surface area contributed by atoms with Crippen molar-refractivity contribution in [3.8, 4) is 11.3 Å². The Balaban J connectivity index is 1.69. The Labute approximate surface area is 151 Å². The fourth-order valence-corrected chi connectivity index (χ4v) is 3.16. The fourth-order valence-electron chi connectivity index (χ4n) is 2.44. The quantitative estimate of drug-likeness (QED) is 0.637. The van der Waals surface area contributed by atoms with E-state index in [1.807, 2.05) is 37.4 Å². The number of anilines is 2. The Kier molecular flexibility index (Phi) is 4.86. The summed E-state index contributed by atoms with van der Waals surface area (Å²) < 4.78 is 0. The standard InChI is InChI=1S/C20H21N3OS/c1-12-5-7-16(9-14(12)3)18-11-25-20(22-18)23-19(24)21-17-8-6-13(2)15(4)10-17/h5-11H,1-4H3,(H2,21,22,23,24). The van der Waals surface area contributed by atoms with Gasteiger partial charge in [-0.1, -0.05) is 18.2 Å².